The fraction of sp³-hybridized carbons (Fsp3) is 0.882. The van der Waals surface area contributed by atoms with Crippen LogP contribution in [0.1, 0.15) is 48.0 Å². The van der Waals surface area contributed by atoms with Crippen molar-refractivity contribution in [2.45, 2.75) is 54.0 Å². The molecular formula is C17H29NO3. The second-order valence-corrected chi connectivity index (χ2v) is 8.55. The lowest BCUT2D eigenvalue weighted by Crippen LogP contribution is -2.50. The van der Waals surface area contributed by atoms with E-state index in [9.17, 15) is 9.59 Å². The van der Waals surface area contributed by atoms with Gasteiger partial charge in [0.05, 0.1) is 12.6 Å². The third-order valence-corrected chi connectivity index (χ3v) is 4.62. The lowest BCUT2D eigenvalue weighted by atomic mass is 9.77. The van der Waals surface area contributed by atoms with Gasteiger partial charge in [-0.05, 0) is 12.3 Å². The molecule has 0 aliphatic carbocycles. The van der Waals surface area contributed by atoms with E-state index in [4.69, 9.17) is 4.74 Å². The van der Waals surface area contributed by atoms with Gasteiger partial charge in [-0.25, -0.2) is 0 Å². The number of hydrogen-bond donors (Lipinski definition) is 0. The van der Waals surface area contributed by atoms with E-state index in [-0.39, 0.29) is 23.7 Å². The number of Topliss-reactive ketones (excluding diaryl/α,β-unsaturated/α-hetero) is 1. The molecule has 2 fully saturated rings. The maximum Gasteiger partial charge on any atom is 0.228 e. The fourth-order valence-corrected chi connectivity index (χ4v) is 3.43. The van der Waals surface area contributed by atoms with Crippen molar-refractivity contribution in [1.29, 1.82) is 0 Å². The molecule has 0 spiro atoms. The number of amides is 1. The Kier molecular flexibility index (Phi) is 4.22. The first-order chi connectivity index (χ1) is 9.53. The van der Waals surface area contributed by atoms with E-state index in [2.05, 4.69) is 0 Å². The van der Waals surface area contributed by atoms with Gasteiger partial charge in [-0.2, -0.15) is 0 Å². The Morgan fingerprint density at radius 2 is 1.67 bits per heavy atom. The summed E-state index contributed by atoms with van der Waals surface area (Å²) >= 11 is 0. The number of hydrogen-bond acceptors (Lipinski definition) is 3. The van der Waals surface area contributed by atoms with Gasteiger partial charge in [-0.15, -0.1) is 0 Å². The van der Waals surface area contributed by atoms with Gasteiger partial charge >= 0.3 is 0 Å². The molecule has 4 nitrogen and oxygen atoms in total. The number of ether oxygens (including phenoxy) is 1. The lowest BCUT2D eigenvalue weighted by molar-refractivity contribution is -0.147. The summed E-state index contributed by atoms with van der Waals surface area (Å²) in [5, 5.41) is 0. The molecule has 0 radical (unpaired) electrons. The van der Waals surface area contributed by atoms with E-state index in [0.717, 1.165) is 6.42 Å². The Hall–Kier alpha value is -0.900. The molecule has 0 N–H and O–H groups in total. The predicted molar refractivity (Wildman–Crippen MR) is 81.8 cm³/mol. The molecule has 2 heterocycles. The van der Waals surface area contributed by atoms with Crippen molar-refractivity contribution in [2.24, 2.45) is 22.7 Å². The molecule has 2 aliphatic heterocycles. The van der Waals surface area contributed by atoms with Crippen LogP contribution in [0.5, 0.6) is 0 Å². The van der Waals surface area contributed by atoms with Gasteiger partial charge < -0.3 is 9.64 Å². The third-order valence-electron chi connectivity index (χ3n) is 4.62. The van der Waals surface area contributed by atoms with Gasteiger partial charge in [-0.3, -0.25) is 9.59 Å². The summed E-state index contributed by atoms with van der Waals surface area (Å²) in [6.07, 6.45) is 0.880. The number of rotatable bonds is 1. The van der Waals surface area contributed by atoms with E-state index in [1.54, 1.807) is 0 Å². The summed E-state index contributed by atoms with van der Waals surface area (Å²) in [6.45, 7) is 13.6. The first-order valence-corrected chi connectivity index (χ1v) is 7.96. The smallest absolute Gasteiger partial charge is 0.228 e. The van der Waals surface area contributed by atoms with Gasteiger partial charge in [0.2, 0.25) is 5.91 Å². The van der Waals surface area contributed by atoms with Crippen LogP contribution in [-0.4, -0.2) is 42.4 Å². The van der Waals surface area contributed by atoms with Crippen molar-refractivity contribution in [2.75, 3.05) is 19.8 Å². The van der Waals surface area contributed by atoms with Crippen molar-refractivity contribution in [3.63, 3.8) is 0 Å². The topological polar surface area (TPSA) is 46.6 Å². The Balaban J connectivity index is 2.33. The monoisotopic (exact) mass is 295 g/mol. The summed E-state index contributed by atoms with van der Waals surface area (Å²) in [6, 6.07) is -0.273. The maximum absolute atomic E-state index is 12.9. The van der Waals surface area contributed by atoms with Crippen LogP contribution in [0.2, 0.25) is 0 Å². The van der Waals surface area contributed by atoms with Crippen LogP contribution < -0.4 is 0 Å². The van der Waals surface area contributed by atoms with Crippen LogP contribution >= 0.6 is 0 Å². The van der Waals surface area contributed by atoms with E-state index >= 15 is 0 Å². The van der Waals surface area contributed by atoms with Gasteiger partial charge in [0.25, 0.3) is 0 Å². The normalized spacial score (nSPS) is 30.2. The fourth-order valence-electron chi connectivity index (χ4n) is 3.43. The minimum absolute atomic E-state index is 0.0829. The second kappa shape index (κ2) is 5.38. The van der Waals surface area contributed by atoms with Crippen LogP contribution in [0.4, 0.5) is 0 Å². The van der Waals surface area contributed by atoms with E-state index in [1.807, 2.05) is 46.4 Å². The SMILES string of the molecule is CC(C)(C)C(=O)C1C2CCOCC2CN1C(=O)C(C)(C)C. The molecule has 3 atom stereocenters. The highest BCUT2D eigenvalue weighted by molar-refractivity contribution is 5.94. The summed E-state index contributed by atoms with van der Waals surface area (Å²) in [4.78, 5) is 27.6. The summed E-state index contributed by atoms with van der Waals surface area (Å²) in [5.74, 6) is 0.840. The zero-order valence-corrected chi connectivity index (χ0v) is 14.2. The first-order valence-electron chi connectivity index (χ1n) is 7.96. The zero-order valence-electron chi connectivity index (χ0n) is 14.2. The molecule has 4 heteroatoms. The second-order valence-electron chi connectivity index (χ2n) is 8.55. The molecule has 2 rings (SSSR count). The standard InChI is InChI=1S/C17H29NO3/c1-16(2,3)14(19)13-12-7-8-21-10-11(12)9-18(13)15(20)17(4,5)6/h11-13H,7-10H2,1-6H3. The number of carbonyl (C=O) groups is 2. The van der Waals surface area contributed by atoms with Crippen LogP contribution in [-0.2, 0) is 14.3 Å². The average molecular weight is 295 g/mol. The Labute approximate surface area is 128 Å². The van der Waals surface area contributed by atoms with Crippen molar-refractivity contribution < 1.29 is 14.3 Å². The maximum atomic E-state index is 12.9. The first kappa shape index (κ1) is 16.5. The van der Waals surface area contributed by atoms with Gasteiger partial charge in [-0.1, -0.05) is 41.5 Å². The van der Waals surface area contributed by atoms with E-state index in [0.29, 0.717) is 25.7 Å². The summed E-state index contributed by atoms with van der Waals surface area (Å²) in [7, 11) is 0. The van der Waals surface area contributed by atoms with Crippen molar-refractivity contribution >= 4 is 11.7 Å². The zero-order chi connectivity index (χ0) is 16.0. The number of ketones is 1. The minimum Gasteiger partial charge on any atom is -0.381 e. The van der Waals surface area contributed by atoms with Crippen molar-refractivity contribution in [3.05, 3.63) is 0 Å². The predicted octanol–water partition coefficient (Wildman–Crippen LogP) is 2.51. The quantitative estimate of drug-likeness (QED) is 0.747. The van der Waals surface area contributed by atoms with Crippen LogP contribution in [0.3, 0.4) is 0 Å². The molecule has 21 heavy (non-hydrogen) atoms. The molecule has 1 amide bonds. The van der Waals surface area contributed by atoms with Gasteiger partial charge in [0.1, 0.15) is 0 Å². The molecule has 0 saturated carbocycles. The molecule has 2 saturated heterocycles. The highest BCUT2D eigenvalue weighted by Gasteiger charge is 2.51. The molecular weight excluding hydrogens is 266 g/mol. The Morgan fingerprint density at radius 3 is 2.19 bits per heavy atom. The van der Waals surface area contributed by atoms with Crippen molar-refractivity contribution in [1.82, 2.24) is 4.90 Å². The largest absolute Gasteiger partial charge is 0.381 e. The summed E-state index contributed by atoms with van der Waals surface area (Å²) < 4.78 is 5.56. The Morgan fingerprint density at radius 1 is 1.05 bits per heavy atom. The van der Waals surface area contributed by atoms with E-state index < -0.39 is 10.8 Å². The average Bonchev–Trinajstić information content (AvgIpc) is 2.73. The Bertz CT molecular complexity index is 430. The van der Waals surface area contributed by atoms with Gasteiger partial charge in [0, 0.05) is 29.9 Å². The minimum atomic E-state index is -0.454. The van der Waals surface area contributed by atoms with Crippen molar-refractivity contribution in [3.8, 4) is 0 Å². The third kappa shape index (κ3) is 3.15. The van der Waals surface area contributed by atoms with Gasteiger partial charge in [0.15, 0.2) is 5.78 Å². The highest BCUT2D eigenvalue weighted by atomic mass is 16.5. The summed E-state index contributed by atoms with van der Waals surface area (Å²) in [5.41, 5.74) is -0.876. The molecule has 120 valence electrons. The number of nitrogens with zero attached hydrogens (tertiary/aromatic N) is 1. The van der Waals surface area contributed by atoms with E-state index in [1.165, 1.54) is 0 Å². The molecule has 3 unspecified atom stereocenters. The van der Waals surface area contributed by atoms with Crippen LogP contribution in [0.15, 0.2) is 0 Å². The number of carbonyl (C=O) groups excluding carboxylic acids is 2. The lowest BCUT2D eigenvalue weighted by Gasteiger charge is -2.35. The van der Waals surface area contributed by atoms with Crippen LogP contribution in [0.25, 0.3) is 0 Å². The molecule has 0 aromatic carbocycles. The van der Waals surface area contributed by atoms with Crippen LogP contribution in [0, 0.1) is 22.7 Å². The number of fused-ring (bicyclic) bond motifs is 1. The molecule has 2 aliphatic rings. The number of likely N-dealkylation sites (tertiary alicyclic amines) is 1. The highest BCUT2D eigenvalue weighted by Crippen LogP contribution is 2.40. The molecule has 0 bridgehead atoms. The molecule has 0 aromatic heterocycles. The molecule has 0 aromatic rings.